The van der Waals surface area contributed by atoms with E-state index in [1.165, 1.54) is 12.1 Å². The summed E-state index contributed by atoms with van der Waals surface area (Å²) in [4.78, 5) is 23.5. The van der Waals surface area contributed by atoms with Gasteiger partial charge >= 0.3 is 19.0 Å². The maximum atomic E-state index is 12.9. The van der Waals surface area contributed by atoms with Crippen molar-refractivity contribution in [2.75, 3.05) is 6.61 Å². The fraction of sp³-hybridized carbons (Fsp3) is 0.360. The quantitative estimate of drug-likeness (QED) is 0.231. The summed E-state index contributed by atoms with van der Waals surface area (Å²) in [6.07, 6.45) is -10.2. The van der Waals surface area contributed by atoms with Gasteiger partial charge < -0.3 is 14.8 Å². The van der Waals surface area contributed by atoms with Gasteiger partial charge in [0.2, 0.25) is 0 Å². The summed E-state index contributed by atoms with van der Waals surface area (Å²) >= 11 is 0. The molecule has 1 heterocycles. The molecule has 0 aromatic heterocycles. The van der Waals surface area contributed by atoms with Crippen LogP contribution in [0.4, 0.5) is 35.1 Å². The normalized spacial score (nSPS) is 15.9. The van der Waals surface area contributed by atoms with E-state index in [1.54, 1.807) is 29.6 Å². The average molecular weight is 553 g/mol. The molecule has 1 aliphatic heterocycles. The molecule has 3 rings (SSSR count). The highest BCUT2D eigenvalue weighted by Crippen LogP contribution is 2.35. The highest BCUT2D eigenvalue weighted by atomic mass is 19.4. The smallest absolute Gasteiger partial charge is 0.408 e. The molecule has 38 heavy (non-hydrogen) atoms. The molecule has 1 amide bonds. The second kappa shape index (κ2) is 13.2. The number of rotatable bonds is 8. The zero-order valence-electron chi connectivity index (χ0n) is 19.8. The van der Waals surface area contributed by atoms with Crippen molar-refractivity contribution in [1.82, 2.24) is 5.32 Å². The Balaban J connectivity index is 0.000000308. The number of Topliss-reactive ketones (excluding diaryl/α,β-unsaturated/α-hetero) is 1. The first-order valence-electron chi connectivity index (χ1n) is 11.1. The van der Waals surface area contributed by atoms with E-state index in [0.29, 0.717) is 5.75 Å². The van der Waals surface area contributed by atoms with Crippen LogP contribution in [-0.2, 0) is 9.59 Å². The third-order valence-electron chi connectivity index (χ3n) is 5.03. The van der Waals surface area contributed by atoms with Crippen LogP contribution in [0, 0.1) is 0 Å². The minimum atomic E-state index is -4.68. The van der Waals surface area contributed by atoms with Crippen molar-refractivity contribution in [3.8, 4) is 11.5 Å². The summed E-state index contributed by atoms with van der Waals surface area (Å²) in [6, 6.07) is 11.4. The molecule has 1 N–H and O–H groups in total. The standard InChI is InChI=1S/C15H12F5NO3.C10H11F3O/c1-7(22)12-10(6-11(15(18,19)20)21-13(12)23)8-2-4-9(5-3-8)24-14(16)17;11-10(12,13)7-4-8-14-9-5-2-1-3-6-9/h2-5,11,14H,6H2,1H3,(H,21,23);1-3,5-6H,4,7-8H2. The minimum absolute atomic E-state index is 0.00159. The van der Waals surface area contributed by atoms with Gasteiger partial charge in [-0.05, 0) is 48.7 Å². The fourth-order valence-corrected chi connectivity index (χ4v) is 3.37. The van der Waals surface area contributed by atoms with Crippen molar-refractivity contribution < 1.29 is 54.2 Å². The van der Waals surface area contributed by atoms with Gasteiger partial charge in [-0.1, -0.05) is 30.3 Å². The predicted octanol–water partition coefficient (Wildman–Crippen LogP) is 6.49. The van der Waals surface area contributed by atoms with Gasteiger partial charge in [0.15, 0.2) is 5.78 Å². The number of hydrogen-bond acceptors (Lipinski definition) is 4. The molecular formula is C25H23F8NO4. The molecule has 0 aliphatic carbocycles. The van der Waals surface area contributed by atoms with Crippen molar-refractivity contribution in [2.45, 2.75) is 51.2 Å². The number of benzene rings is 2. The first-order chi connectivity index (χ1) is 17.7. The van der Waals surface area contributed by atoms with Gasteiger partial charge in [0.1, 0.15) is 17.5 Å². The maximum absolute atomic E-state index is 12.9. The highest BCUT2D eigenvalue weighted by molar-refractivity contribution is 6.24. The lowest BCUT2D eigenvalue weighted by molar-refractivity contribution is -0.160. The minimum Gasteiger partial charge on any atom is -0.494 e. The molecule has 1 atom stereocenters. The predicted molar refractivity (Wildman–Crippen MR) is 121 cm³/mol. The second-order valence-electron chi connectivity index (χ2n) is 7.96. The highest BCUT2D eigenvalue weighted by Gasteiger charge is 2.45. The van der Waals surface area contributed by atoms with Crippen LogP contribution in [0.3, 0.4) is 0 Å². The van der Waals surface area contributed by atoms with Crippen LogP contribution in [0.5, 0.6) is 11.5 Å². The van der Waals surface area contributed by atoms with Crippen LogP contribution in [0.25, 0.3) is 5.57 Å². The van der Waals surface area contributed by atoms with Crippen molar-refractivity contribution in [1.29, 1.82) is 0 Å². The number of alkyl halides is 8. The fourth-order valence-electron chi connectivity index (χ4n) is 3.37. The molecule has 0 spiro atoms. The molecule has 13 heteroatoms. The van der Waals surface area contributed by atoms with Gasteiger partial charge in [0.05, 0.1) is 12.2 Å². The Bertz CT molecular complexity index is 1100. The van der Waals surface area contributed by atoms with Crippen molar-refractivity contribution in [3.05, 3.63) is 65.7 Å². The third-order valence-corrected chi connectivity index (χ3v) is 5.03. The lowest BCUT2D eigenvalue weighted by Gasteiger charge is -2.29. The summed E-state index contributed by atoms with van der Waals surface area (Å²) in [7, 11) is 0. The van der Waals surface area contributed by atoms with Crippen LogP contribution in [0.2, 0.25) is 0 Å². The van der Waals surface area contributed by atoms with Crippen LogP contribution in [-0.4, -0.2) is 43.3 Å². The Kier molecular flexibility index (Phi) is 10.7. The molecule has 208 valence electrons. The first kappa shape index (κ1) is 30.6. The van der Waals surface area contributed by atoms with Gasteiger partial charge in [0.25, 0.3) is 5.91 Å². The van der Waals surface area contributed by atoms with E-state index in [4.69, 9.17) is 4.74 Å². The Hall–Kier alpha value is -3.64. The summed E-state index contributed by atoms with van der Waals surface area (Å²) in [6.45, 7) is -1.88. The number of para-hydroxylation sites is 1. The third kappa shape index (κ3) is 10.0. The molecule has 0 bridgehead atoms. The summed E-state index contributed by atoms with van der Waals surface area (Å²) < 4.78 is 107. The Labute approximate surface area is 212 Å². The molecule has 0 saturated carbocycles. The van der Waals surface area contributed by atoms with Crippen LogP contribution < -0.4 is 14.8 Å². The molecule has 0 saturated heterocycles. The van der Waals surface area contributed by atoms with E-state index in [9.17, 15) is 44.7 Å². The van der Waals surface area contributed by atoms with Gasteiger partial charge in [-0.25, -0.2) is 0 Å². The molecule has 2 aromatic carbocycles. The van der Waals surface area contributed by atoms with Gasteiger partial charge in [-0.15, -0.1) is 0 Å². The topological polar surface area (TPSA) is 64.6 Å². The lowest BCUT2D eigenvalue weighted by atomic mass is 9.88. The zero-order valence-corrected chi connectivity index (χ0v) is 19.8. The number of nitrogens with one attached hydrogen (secondary N) is 1. The molecule has 0 radical (unpaired) electrons. The van der Waals surface area contributed by atoms with E-state index in [2.05, 4.69) is 4.74 Å². The number of carbonyl (C=O) groups is 2. The number of ketones is 1. The van der Waals surface area contributed by atoms with E-state index < -0.39 is 49.5 Å². The van der Waals surface area contributed by atoms with Crippen LogP contribution >= 0.6 is 0 Å². The van der Waals surface area contributed by atoms with Crippen molar-refractivity contribution >= 4 is 17.3 Å². The molecule has 0 fully saturated rings. The number of hydrogen-bond donors (Lipinski definition) is 1. The largest absolute Gasteiger partial charge is 0.494 e. The van der Waals surface area contributed by atoms with Gasteiger partial charge in [0, 0.05) is 12.8 Å². The van der Waals surface area contributed by atoms with E-state index >= 15 is 0 Å². The summed E-state index contributed by atoms with van der Waals surface area (Å²) in [5.74, 6) is -1.38. The number of ether oxygens (including phenoxy) is 2. The van der Waals surface area contributed by atoms with Gasteiger partial charge in [-0.3, -0.25) is 9.59 Å². The van der Waals surface area contributed by atoms with E-state index in [0.717, 1.165) is 19.1 Å². The van der Waals surface area contributed by atoms with Crippen molar-refractivity contribution in [3.63, 3.8) is 0 Å². The second-order valence-corrected chi connectivity index (χ2v) is 7.96. The summed E-state index contributed by atoms with van der Waals surface area (Å²) in [5.41, 5.74) is -0.305. The molecule has 1 unspecified atom stereocenters. The monoisotopic (exact) mass is 553 g/mol. The Morgan fingerprint density at radius 3 is 2.08 bits per heavy atom. The van der Waals surface area contributed by atoms with Crippen LogP contribution in [0.15, 0.2) is 60.2 Å². The Morgan fingerprint density at radius 2 is 1.58 bits per heavy atom. The van der Waals surface area contributed by atoms with Crippen molar-refractivity contribution in [2.24, 2.45) is 0 Å². The Morgan fingerprint density at radius 1 is 0.974 bits per heavy atom. The molecule has 2 aromatic rings. The first-order valence-corrected chi connectivity index (χ1v) is 11.1. The summed E-state index contributed by atoms with van der Waals surface area (Å²) in [5, 5.41) is 1.76. The van der Waals surface area contributed by atoms with Gasteiger partial charge in [-0.2, -0.15) is 35.1 Å². The molecule has 1 aliphatic rings. The lowest BCUT2D eigenvalue weighted by Crippen LogP contribution is -2.49. The SMILES string of the molecule is CC(=O)C1=C(c2ccc(OC(F)F)cc2)CC(C(F)(F)F)NC1=O.FC(F)(F)CCCOc1ccccc1. The number of amides is 1. The number of halogens is 8. The van der Waals surface area contributed by atoms with Crippen LogP contribution in [0.1, 0.15) is 31.7 Å². The molecular weight excluding hydrogens is 530 g/mol. The number of carbonyl (C=O) groups excluding carboxylic acids is 2. The maximum Gasteiger partial charge on any atom is 0.408 e. The zero-order chi connectivity index (χ0) is 28.5. The molecule has 5 nitrogen and oxygen atoms in total. The average Bonchev–Trinajstić information content (AvgIpc) is 2.81. The van der Waals surface area contributed by atoms with E-state index in [1.807, 2.05) is 6.07 Å². The van der Waals surface area contributed by atoms with E-state index in [-0.39, 0.29) is 35.5 Å².